The van der Waals surface area contributed by atoms with Crippen LogP contribution in [0, 0.1) is 0 Å². The van der Waals surface area contributed by atoms with Gasteiger partial charge in [-0.1, -0.05) is 0 Å². The molecule has 0 unspecified atom stereocenters. The third-order valence-corrected chi connectivity index (χ3v) is 3.62. The fraction of sp³-hybridized carbons (Fsp3) is 0.312. The normalized spacial score (nSPS) is 10.9. The Morgan fingerprint density at radius 3 is 3.09 bits per heavy atom. The predicted octanol–water partition coefficient (Wildman–Crippen LogP) is 2.36. The van der Waals surface area contributed by atoms with Gasteiger partial charge < -0.3 is 14.9 Å². The van der Waals surface area contributed by atoms with E-state index in [4.69, 9.17) is 0 Å². The van der Waals surface area contributed by atoms with E-state index in [-0.39, 0.29) is 5.91 Å². The summed E-state index contributed by atoms with van der Waals surface area (Å²) in [5.41, 5.74) is 2.42. The van der Waals surface area contributed by atoms with Gasteiger partial charge in [0.2, 0.25) is 0 Å². The van der Waals surface area contributed by atoms with Gasteiger partial charge in [0.15, 0.2) is 0 Å². The molecule has 1 amide bonds. The van der Waals surface area contributed by atoms with E-state index >= 15 is 0 Å². The van der Waals surface area contributed by atoms with Gasteiger partial charge in [-0.05, 0) is 37.5 Å². The van der Waals surface area contributed by atoms with Crippen LogP contribution in [-0.4, -0.2) is 32.0 Å². The van der Waals surface area contributed by atoms with E-state index in [1.54, 1.807) is 18.6 Å². The second-order valence-electron chi connectivity index (χ2n) is 5.25. The highest BCUT2D eigenvalue weighted by Gasteiger charge is 2.06. The fourth-order valence-corrected chi connectivity index (χ4v) is 2.40. The number of hydrogen-bond acceptors (Lipinski definition) is 3. The number of aromatic amines is 1. The minimum Gasteiger partial charge on any atom is -0.352 e. The molecule has 2 aromatic heterocycles. The van der Waals surface area contributed by atoms with Crippen LogP contribution < -0.4 is 5.32 Å². The van der Waals surface area contributed by atoms with E-state index in [0.29, 0.717) is 12.1 Å². The molecule has 0 aliphatic rings. The van der Waals surface area contributed by atoms with Crippen LogP contribution in [0.4, 0.5) is 0 Å². The monoisotopic (exact) mass is 297 g/mol. The SMILES string of the molecule is O=C(NCCCCCn1ccnc1)c1ccc2nc[nH]c2c1. The largest absolute Gasteiger partial charge is 0.352 e. The minimum atomic E-state index is -0.0360. The molecule has 0 aliphatic carbocycles. The molecule has 2 N–H and O–H groups in total. The molecular weight excluding hydrogens is 278 g/mol. The molecule has 0 bridgehead atoms. The first-order valence-corrected chi connectivity index (χ1v) is 7.50. The summed E-state index contributed by atoms with van der Waals surface area (Å²) in [7, 11) is 0. The van der Waals surface area contributed by atoms with Crippen LogP contribution in [0.5, 0.6) is 0 Å². The number of nitrogens with one attached hydrogen (secondary N) is 2. The van der Waals surface area contributed by atoms with Crippen molar-refractivity contribution in [3.63, 3.8) is 0 Å². The molecular formula is C16H19N5O. The molecule has 6 heteroatoms. The van der Waals surface area contributed by atoms with E-state index in [1.807, 2.05) is 24.7 Å². The standard InChI is InChI=1S/C16H19N5O/c22-16(13-4-5-14-15(10-13)20-11-19-14)18-6-2-1-3-8-21-9-7-17-12-21/h4-5,7,9-12H,1-3,6,8H2,(H,18,22)(H,19,20). The van der Waals surface area contributed by atoms with Crippen molar-refractivity contribution < 1.29 is 4.79 Å². The first-order valence-electron chi connectivity index (χ1n) is 7.50. The van der Waals surface area contributed by atoms with E-state index in [2.05, 4.69) is 24.8 Å². The molecule has 114 valence electrons. The van der Waals surface area contributed by atoms with E-state index in [1.165, 1.54) is 0 Å². The number of aromatic nitrogens is 4. The van der Waals surface area contributed by atoms with Crippen LogP contribution in [0.3, 0.4) is 0 Å². The molecule has 2 heterocycles. The first-order chi connectivity index (χ1) is 10.8. The molecule has 3 rings (SSSR count). The Morgan fingerprint density at radius 2 is 2.23 bits per heavy atom. The number of carbonyl (C=O) groups is 1. The van der Waals surface area contributed by atoms with Crippen molar-refractivity contribution in [2.24, 2.45) is 0 Å². The lowest BCUT2D eigenvalue weighted by Crippen LogP contribution is -2.24. The maximum absolute atomic E-state index is 12.1. The summed E-state index contributed by atoms with van der Waals surface area (Å²) in [5, 5.41) is 2.96. The molecule has 0 aliphatic heterocycles. The smallest absolute Gasteiger partial charge is 0.251 e. The third kappa shape index (κ3) is 3.52. The number of nitrogens with zero attached hydrogens (tertiary/aromatic N) is 3. The van der Waals surface area contributed by atoms with Crippen LogP contribution >= 0.6 is 0 Å². The average molecular weight is 297 g/mol. The Hall–Kier alpha value is -2.63. The molecule has 6 nitrogen and oxygen atoms in total. The number of aryl methyl sites for hydroxylation is 1. The summed E-state index contributed by atoms with van der Waals surface area (Å²) in [4.78, 5) is 23.2. The Kier molecular flexibility index (Phi) is 4.48. The van der Waals surface area contributed by atoms with Crippen LogP contribution in [0.1, 0.15) is 29.6 Å². The second-order valence-corrected chi connectivity index (χ2v) is 5.25. The van der Waals surface area contributed by atoms with Crippen molar-refractivity contribution in [2.75, 3.05) is 6.54 Å². The maximum Gasteiger partial charge on any atom is 0.251 e. The molecule has 0 saturated heterocycles. The number of unbranched alkanes of at least 4 members (excludes halogenated alkanes) is 2. The predicted molar refractivity (Wildman–Crippen MR) is 84.5 cm³/mol. The quantitative estimate of drug-likeness (QED) is 0.657. The lowest BCUT2D eigenvalue weighted by atomic mass is 10.2. The number of rotatable bonds is 7. The molecule has 0 fully saturated rings. The maximum atomic E-state index is 12.1. The molecule has 22 heavy (non-hydrogen) atoms. The number of amides is 1. The number of imidazole rings is 2. The summed E-state index contributed by atoms with van der Waals surface area (Å²) < 4.78 is 2.07. The van der Waals surface area contributed by atoms with Crippen LogP contribution in [0.25, 0.3) is 11.0 Å². The Labute approximate surface area is 128 Å². The van der Waals surface area contributed by atoms with Gasteiger partial charge in [0.05, 0.1) is 23.7 Å². The zero-order chi connectivity index (χ0) is 15.2. The number of benzene rings is 1. The number of fused-ring (bicyclic) bond motifs is 1. The molecule has 0 radical (unpaired) electrons. The van der Waals surface area contributed by atoms with Crippen molar-refractivity contribution in [1.82, 2.24) is 24.8 Å². The Morgan fingerprint density at radius 1 is 1.27 bits per heavy atom. The fourth-order valence-electron chi connectivity index (χ4n) is 2.40. The summed E-state index contributed by atoms with van der Waals surface area (Å²) in [6.45, 7) is 1.67. The average Bonchev–Trinajstić information content (AvgIpc) is 3.20. The van der Waals surface area contributed by atoms with Crippen LogP contribution in [0.15, 0.2) is 43.2 Å². The minimum absolute atomic E-state index is 0.0360. The van der Waals surface area contributed by atoms with Gasteiger partial charge in [-0.3, -0.25) is 4.79 Å². The second kappa shape index (κ2) is 6.89. The molecule has 0 saturated carbocycles. The number of carbonyl (C=O) groups excluding carboxylic acids is 1. The van der Waals surface area contributed by atoms with Gasteiger partial charge in [0, 0.05) is 31.0 Å². The van der Waals surface area contributed by atoms with Gasteiger partial charge in [0.25, 0.3) is 5.91 Å². The summed E-state index contributed by atoms with van der Waals surface area (Å²) in [6.07, 6.45) is 10.4. The first kappa shape index (κ1) is 14.3. The van der Waals surface area contributed by atoms with Crippen molar-refractivity contribution >= 4 is 16.9 Å². The van der Waals surface area contributed by atoms with Gasteiger partial charge >= 0.3 is 0 Å². The summed E-state index contributed by atoms with van der Waals surface area (Å²) >= 11 is 0. The summed E-state index contributed by atoms with van der Waals surface area (Å²) in [6, 6.07) is 5.49. The van der Waals surface area contributed by atoms with Crippen molar-refractivity contribution in [1.29, 1.82) is 0 Å². The van der Waals surface area contributed by atoms with Gasteiger partial charge in [-0.15, -0.1) is 0 Å². The molecule has 1 aromatic carbocycles. The van der Waals surface area contributed by atoms with Crippen molar-refractivity contribution in [2.45, 2.75) is 25.8 Å². The zero-order valence-corrected chi connectivity index (χ0v) is 12.3. The van der Waals surface area contributed by atoms with Gasteiger partial charge in [-0.25, -0.2) is 9.97 Å². The van der Waals surface area contributed by atoms with Crippen molar-refractivity contribution in [3.8, 4) is 0 Å². The highest BCUT2D eigenvalue weighted by atomic mass is 16.1. The van der Waals surface area contributed by atoms with Crippen LogP contribution in [0.2, 0.25) is 0 Å². The molecule has 0 atom stereocenters. The lowest BCUT2D eigenvalue weighted by molar-refractivity contribution is 0.0953. The highest BCUT2D eigenvalue weighted by molar-refractivity contribution is 5.97. The highest BCUT2D eigenvalue weighted by Crippen LogP contribution is 2.11. The molecule has 3 aromatic rings. The van der Waals surface area contributed by atoms with E-state index in [9.17, 15) is 4.79 Å². The Balaban J connectivity index is 1.38. The third-order valence-electron chi connectivity index (χ3n) is 3.62. The summed E-state index contributed by atoms with van der Waals surface area (Å²) in [5.74, 6) is -0.0360. The molecule has 0 spiro atoms. The topological polar surface area (TPSA) is 75.6 Å². The van der Waals surface area contributed by atoms with Gasteiger partial charge in [-0.2, -0.15) is 0 Å². The lowest BCUT2D eigenvalue weighted by Gasteiger charge is -2.06. The van der Waals surface area contributed by atoms with Crippen molar-refractivity contribution in [3.05, 3.63) is 48.8 Å². The van der Waals surface area contributed by atoms with E-state index in [0.717, 1.165) is 36.8 Å². The number of H-pyrrole nitrogens is 1. The van der Waals surface area contributed by atoms with Gasteiger partial charge in [0.1, 0.15) is 0 Å². The Bertz CT molecular complexity index is 732. The number of hydrogen-bond donors (Lipinski definition) is 2. The zero-order valence-electron chi connectivity index (χ0n) is 12.3. The van der Waals surface area contributed by atoms with E-state index < -0.39 is 0 Å². The van der Waals surface area contributed by atoms with Crippen LogP contribution in [-0.2, 0) is 6.54 Å².